The lowest BCUT2D eigenvalue weighted by atomic mass is 10.0. The van der Waals surface area contributed by atoms with Crippen LogP contribution in [0.3, 0.4) is 0 Å². The van der Waals surface area contributed by atoms with Crippen molar-refractivity contribution in [2.45, 2.75) is 24.3 Å². The monoisotopic (exact) mass is 493 g/mol. The van der Waals surface area contributed by atoms with Crippen molar-refractivity contribution in [1.29, 1.82) is 0 Å². The summed E-state index contributed by atoms with van der Waals surface area (Å²) in [4.78, 5) is 0.714. The number of nitrogens with zero attached hydrogens (tertiary/aromatic N) is 2. The fraction of sp³-hybridized carbons (Fsp3) is 0.190. The number of hydrogen-bond acceptors (Lipinski definition) is 6. The Balaban J connectivity index is 1.80. The summed E-state index contributed by atoms with van der Waals surface area (Å²) in [7, 11) is -7.62. The molecule has 1 aliphatic heterocycles. The Morgan fingerprint density at radius 3 is 2.44 bits per heavy atom. The van der Waals surface area contributed by atoms with Crippen LogP contribution in [-0.4, -0.2) is 32.7 Å². The molecule has 2 heterocycles. The van der Waals surface area contributed by atoms with Crippen LogP contribution in [0.2, 0.25) is 0 Å². The lowest BCUT2D eigenvalue weighted by Crippen LogP contribution is -2.26. The van der Waals surface area contributed by atoms with Crippen LogP contribution in [0.1, 0.15) is 29.8 Å². The van der Waals surface area contributed by atoms with E-state index in [1.165, 1.54) is 30.4 Å². The number of halogens is 1. The van der Waals surface area contributed by atoms with E-state index in [9.17, 15) is 21.2 Å². The molecule has 1 aromatic heterocycles. The molecule has 1 aliphatic rings. The van der Waals surface area contributed by atoms with Gasteiger partial charge in [-0.3, -0.25) is 4.72 Å². The smallest absolute Gasteiger partial charge is 0.279 e. The summed E-state index contributed by atoms with van der Waals surface area (Å²) in [6.45, 7) is 1.53. The van der Waals surface area contributed by atoms with Gasteiger partial charge in [-0.1, -0.05) is 24.3 Å². The summed E-state index contributed by atoms with van der Waals surface area (Å²) in [6, 6.07) is 14.4. The van der Waals surface area contributed by atoms with Crippen LogP contribution in [0.4, 0.5) is 10.1 Å². The summed E-state index contributed by atoms with van der Waals surface area (Å²) in [5, 5.41) is 6.27. The van der Waals surface area contributed by atoms with Gasteiger partial charge in [-0.05, 0) is 48.7 Å². The van der Waals surface area contributed by atoms with Gasteiger partial charge in [-0.25, -0.2) is 12.8 Å². The van der Waals surface area contributed by atoms with Crippen molar-refractivity contribution < 1.29 is 21.2 Å². The number of hydrazone groups is 1. The van der Waals surface area contributed by atoms with Gasteiger partial charge >= 0.3 is 0 Å². The first-order chi connectivity index (χ1) is 15.2. The van der Waals surface area contributed by atoms with Gasteiger partial charge in [0.15, 0.2) is 0 Å². The molecule has 1 atom stereocenters. The molecule has 11 heteroatoms. The number of anilines is 1. The molecule has 3 aromatic rings. The Hall–Kier alpha value is -2.76. The fourth-order valence-corrected chi connectivity index (χ4v) is 6.31. The van der Waals surface area contributed by atoms with Gasteiger partial charge in [0.2, 0.25) is 10.0 Å². The predicted octanol–water partition coefficient (Wildman–Crippen LogP) is 4.19. The lowest BCUT2D eigenvalue weighted by molar-refractivity contribution is 0.375. The lowest BCUT2D eigenvalue weighted by Gasteiger charge is -2.22. The van der Waals surface area contributed by atoms with E-state index in [0.717, 1.165) is 21.4 Å². The molecule has 0 fully saturated rings. The van der Waals surface area contributed by atoms with Crippen LogP contribution in [0, 0.1) is 5.82 Å². The topological polar surface area (TPSA) is 95.9 Å². The van der Waals surface area contributed by atoms with Crippen LogP contribution in [0.15, 0.2) is 76.0 Å². The summed E-state index contributed by atoms with van der Waals surface area (Å²) in [5.41, 5.74) is 1.27. The van der Waals surface area contributed by atoms with Crippen LogP contribution in [0.25, 0.3) is 0 Å². The van der Waals surface area contributed by atoms with E-state index in [4.69, 9.17) is 0 Å². The summed E-state index contributed by atoms with van der Waals surface area (Å²) >= 11 is 1.40. The molecule has 0 aliphatic carbocycles. The van der Waals surface area contributed by atoms with E-state index in [1.54, 1.807) is 24.3 Å². The third-order valence-electron chi connectivity index (χ3n) is 4.99. The normalized spacial score (nSPS) is 16.8. The van der Waals surface area contributed by atoms with E-state index in [-0.39, 0.29) is 17.1 Å². The SMILES string of the molecule is CCS(=O)(=O)Nc1ccccc1C1=NN(S(=O)(=O)c2ccc(F)cc2)C(c2cccs2)C1. The first-order valence-corrected chi connectivity index (χ1v) is 13.7. The Morgan fingerprint density at radius 2 is 1.78 bits per heavy atom. The van der Waals surface area contributed by atoms with Crippen molar-refractivity contribution in [2.75, 3.05) is 10.5 Å². The highest BCUT2D eigenvalue weighted by molar-refractivity contribution is 7.92. The maximum absolute atomic E-state index is 13.4. The van der Waals surface area contributed by atoms with E-state index in [1.807, 2.05) is 17.5 Å². The molecular formula is C21H20FN3O4S3. The summed E-state index contributed by atoms with van der Waals surface area (Å²) in [5.74, 6) is -0.641. The van der Waals surface area contributed by atoms with Gasteiger partial charge in [0.1, 0.15) is 11.9 Å². The largest absolute Gasteiger partial charge is 0.283 e. The highest BCUT2D eigenvalue weighted by atomic mass is 32.2. The molecule has 0 saturated heterocycles. The molecule has 168 valence electrons. The van der Waals surface area contributed by atoms with Crippen LogP contribution < -0.4 is 4.72 Å². The second-order valence-corrected chi connectivity index (χ2v) is 11.9. The third kappa shape index (κ3) is 4.41. The van der Waals surface area contributed by atoms with Crippen LogP contribution in [0.5, 0.6) is 0 Å². The Labute approximate surface area is 190 Å². The maximum Gasteiger partial charge on any atom is 0.279 e. The quantitative estimate of drug-likeness (QED) is 0.534. The van der Waals surface area contributed by atoms with Crippen molar-refractivity contribution in [3.05, 3.63) is 82.3 Å². The molecule has 0 bridgehead atoms. The highest BCUT2D eigenvalue weighted by Crippen LogP contribution is 2.39. The summed E-state index contributed by atoms with van der Waals surface area (Å²) < 4.78 is 68.0. The molecule has 1 N–H and O–H groups in total. The van der Waals surface area contributed by atoms with Crippen molar-refractivity contribution in [2.24, 2.45) is 5.10 Å². The van der Waals surface area contributed by atoms with Crippen molar-refractivity contribution in [3.63, 3.8) is 0 Å². The maximum atomic E-state index is 13.4. The second-order valence-electron chi connectivity index (χ2n) is 7.06. The van der Waals surface area contributed by atoms with E-state index >= 15 is 0 Å². The minimum absolute atomic E-state index is 0.0783. The van der Waals surface area contributed by atoms with E-state index in [2.05, 4.69) is 9.82 Å². The number of benzene rings is 2. The Morgan fingerprint density at radius 1 is 1.06 bits per heavy atom. The number of sulfonamides is 2. The standard InChI is InChI=1S/C21H20FN3O4S3/c1-2-31(26,27)24-18-7-4-3-6-17(18)19-14-20(21-8-5-13-30-21)25(23-19)32(28,29)16-11-9-15(22)10-12-16/h3-13,20,24H,2,14H2,1H3. The third-order valence-corrected chi connectivity index (χ3v) is 8.95. The summed E-state index contributed by atoms with van der Waals surface area (Å²) in [6.07, 6.45) is 0.256. The minimum Gasteiger partial charge on any atom is -0.283 e. The van der Waals surface area contributed by atoms with Crippen LogP contribution >= 0.6 is 11.3 Å². The average molecular weight is 494 g/mol. The molecule has 0 saturated carbocycles. The van der Waals surface area contributed by atoms with E-state index in [0.29, 0.717) is 17.0 Å². The van der Waals surface area contributed by atoms with Crippen molar-refractivity contribution in [3.8, 4) is 0 Å². The van der Waals surface area contributed by atoms with Gasteiger partial charge in [0, 0.05) is 16.9 Å². The minimum atomic E-state index is -4.08. The second kappa shape index (κ2) is 8.64. The molecule has 0 spiro atoms. The zero-order valence-electron chi connectivity index (χ0n) is 17.0. The first-order valence-electron chi connectivity index (χ1n) is 9.72. The average Bonchev–Trinajstić information content (AvgIpc) is 3.44. The zero-order chi connectivity index (χ0) is 22.9. The van der Waals surface area contributed by atoms with Crippen LogP contribution in [-0.2, 0) is 20.0 Å². The van der Waals surface area contributed by atoms with Gasteiger partial charge < -0.3 is 0 Å². The highest BCUT2D eigenvalue weighted by Gasteiger charge is 2.38. The molecule has 1 unspecified atom stereocenters. The number of para-hydroxylation sites is 1. The molecule has 7 nitrogen and oxygen atoms in total. The Kier molecular flexibility index (Phi) is 6.06. The van der Waals surface area contributed by atoms with Gasteiger partial charge in [0.05, 0.1) is 22.0 Å². The first kappa shape index (κ1) is 22.4. The number of nitrogens with one attached hydrogen (secondary N) is 1. The number of rotatable bonds is 7. The Bertz CT molecular complexity index is 1350. The van der Waals surface area contributed by atoms with Crippen molar-refractivity contribution >= 4 is 42.8 Å². The van der Waals surface area contributed by atoms with Gasteiger partial charge in [0.25, 0.3) is 10.0 Å². The predicted molar refractivity (Wildman–Crippen MR) is 123 cm³/mol. The zero-order valence-corrected chi connectivity index (χ0v) is 19.4. The number of hydrogen-bond donors (Lipinski definition) is 1. The molecular weight excluding hydrogens is 473 g/mol. The van der Waals surface area contributed by atoms with Crippen molar-refractivity contribution in [1.82, 2.24) is 4.41 Å². The van der Waals surface area contributed by atoms with Gasteiger partial charge in [-0.15, -0.1) is 11.3 Å². The van der Waals surface area contributed by atoms with Gasteiger partial charge in [-0.2, -0.15) is 17.9 Å². The fourth-order valence-electron chi connectivity index (χ4n) is 3.34. The molecule has 4 rings (SSSR count). The molecule has 2 aromatic carbocycles. The van der Waals surface area contributed by atoms with E-state index < -0.39 is 31.9 Å². The molecule has 32 heavy (non-hydrogen) atoms. The number of thiophene rings is 1. The molecule has 0 radical (unpaired) electrons. The molecule has 0 amide bonds.